The van der Waals surface area contributed by atoms with E-state index >= 15 is 0 Å². The molecule has 1 aromatic rings. The van der Waals surface area contributed by atoms with E-state index in [-0.39, 0.29) is 5.91 Å². The Bertz CT molecular complexity index is 520. The molecule has 140 valence electrons. The zero-order valence-corrected chi connectivity index (χ0v) is 15.4. The first-order valence-corrected chi connectivity index (χ1v) is 9.82. The van der Waals surface area contributed by atoms with Crippen LogP contribution in [0, 0.1) is 5.92 Å². The van der Waals surface area contributed by atoms with E-state index in [0.717, 1.165) is 32.4 Å². The number of ether oxygens (including phenoxy) is 1. The number of rotatable bonds is 7. The molecule has 2 heterocycles. The molecule has 1 aliphatic heterocycles. The first kappa shape index (κ1) is 18.4. The summed E-state index contributed by atoms with van der Waals surface area (Å²) < 4.78 is 5.96. The Balaban J connectivity index is 1.32. The van der Waals surface area contributed by atoms with Crippen molar-refractivity contribution in [1.29, 1.82) is 0 Å². The summed E-state index contributed by atoms with van der Waals surface area (Å²) in [5, 5.41) is 10.1. The van der Waals surface area contributed by atoms with Crippen LogP contribution in [-0.2, 0) is 9.53 Å². The fraction of sp³-hybridized carbons (Fsp3) is 0.789. The molecule has 0 radical (unpaired) electrons. The smallest absolute Gasteiger partial charge is 0.234 e. The molecule has 6 heteroatoms. The molecular weight excluding hydrogens is 316 g/mol. The van der Waals surface area contributed by atoms with Crippen molar-refractivity contribution in [2.45, 2.75) is 57.5 Å². The molecule has 6 nitrogen and oxygen atoms in total. The van der Waals surface area contributed by atoms with Gasteiger partial charge in [0.15, 0.2) is 0 Å². The number of likely N-dealkylation sites (tertiary alicyclic amines) is 1. The van der Waals surface area contributed by atoms with Gasteiger partial charge in [-0.1, -0.05) is 19.8 Å². The maximum absolute atomic E-state index is 12.2. The first-order chi connectivity index (χ1) is 12.2. The molecule has 1 saturated carbocycles. The van der Waals surface area contributed by atoms with Gasteiger partial charge in [-0.3, -0.25) is 14.8 Å². The molecule has 0 aromatic carbocycles. The molecule has 1 amide bonds. The van der Waals surface area contributed by atoms with Gasteiger partial charge in [-0.25, -0.2) is 0 Å². The predicted octanol–water partition coefficient (Wildman–Crippen LogP) is 2.30. The van der Waals surface area contributed by atoms with Crippen LogP contribution < -0.4 is 5.32 Å². The fourth-order valence-electron chi connectivity index (χ4n) is 4.14. The van der Waals surface area contributed by atoms with Gasteiger partial charge >= 0.3 is 0 Å². The highest BCUT2D eigenvalue weighted by Gasteiger charge is 2.24. The topological polar surface area (TPSA) is 70.2 Å². The fourth-order valence-corrected chi connectivity index (χ4v) is 4.14. The number of aromatic amines is 1. The van der Waals surface area contributed by atoms with E-state index in [1.54, 1.807) is 6.20 Å². The Kier molecular flexibility index (Phi) is 6.87. The van der Waals surface area contributed by atoms with Gasteiger partial charge in [-0.05, 0) is 44.2 Å². The van der Waals surface area contributed by atoms with E-state index in [9.17, 15) is 4.79 Å². The average Bonchev–Trinajstić information content (AvgIpc) is 3.15. The van der Waals surface area contributed by atoms with Gasteiger partial charge in [0.1, 0.15) is 0 Å². The second-order valence-corrected chi connectivity index (χ2v) is 7.61. The maximum Gasteiger partial charge on any atom is 0.234 e. The average molecular weight is 348 g/mol. The van der Waals surface area contributed by atoms with E-state index in [4.69, 9.17) is 4.74 Å². The lowest BCUT2D eigenvalue weighted by Gasteiger charge is -2.31. The van der Waals surface area contributed by atoms with Gasteiger partial charge in [0.05, 0.1) is 19.3 Å². The lowest BCUT2D eigenvalue weighted by molar-refractivity contribution is -0.123. The number of nitrogens with zero attached hydrogens (tertiary/aromatic N) is 2. The van der Waals surface area contributed by atoms with Crippen LogP contribution in [0.2, 0.25) is 0 Å². The third-order valence-electron chi connectivity index (χ3n) is 5.62. The van der Waals surface area contributed by atoms with E-state index in [1.165, 1.54) is 25.0 Å². The van der Waals surface area contributed by atoms with Crippen molar-refractivity contribution in [3.63, 3.8) is 0 Å². The van der Waals surface area contributed by atoms with E-state index in [1.807, 2.05) is 6.07 Å². The monoisotopic (exact) mass is 348 g/mol. The summed E-state index contributed by atoms with van der Waals surface area (Å²) in [6, 6.07) is 2.04. The Labute approximate surface area is 150 Å². The van der Waals surface area contributed by atoms with Gasteiger partial charge in [-0.2, -0.15) is 5.10 Å². The number of H-pyrrole nitrogens is 1. The summed E-state index contributed by atoms with van der Waals surface area (Å²) in [7, 11) is 0. The molecule has 0 unspecified atom stereocenters. The highest BCUT2D eigenvalue weighted by molar-refractivity contribution is 5.78. The van der Waals surface area contributed by atoms with Crippen molar-refractivity contribution in [2.75, 3.05) is 32.8 Å². The quantitative estimate of drug-likeness (QED) is 0.742. The number of carbonyl (C=O) groups excluding carboxylic acids is 1. The first-order valence-electron chi connectivity index (χ1n) is 9.82. The van der Waals surface area contributed by atoms with Crippen LogP contribution in [0.1, 0.15) is 57.1 Å². The zero-order chi connectivity index (χ0) is 17.5. The summed E-state index contributed by atoms with van der Waals surface area (Å²) in [4.78, 5) is 14.4. The van der Waals surface area contributed by atoms with Crippen molar-refractivity contribution >= 4 is 5.91 Å². The second-order valence-electron chi connectivity index (χ2n) is 7.61. The predicted molar refractivity (Wildman–Crippen MR) is 97.4 cm³/mol. The van der Waals surface area contributed by atoms with E-state index in [0.29, 0.717) is 37.6 Å². The highest BCUT2D eigenvalue weighted by atomic mass is 16.5. The number of hydrogen-bond acceptors (Lipinski definition) is 4. The van der Waals surface area contributed by atoms with Crippen LogP contribution >= 0.6 is 0 Å². The highest BCUT2D eigenvalue weighted by Crippen LogP contribution is 2.26. The number of carbonyl (C=O) groups is 1. The van der Waals surface area contributed by atoms with Crippen LogP contribution in [0.25, 0.3) is 0 Å². The van der Waals surface area contributed by atoms with Crippen molar-refractivity contribution < 1.29 is 9.53 Å². The summed E-state index contributed by atoms with van der Waals surface area (Å²) in [5.74, 6) is 1.21. The van der Waals surface area contributed by atoms with Crippen LogP contribution in [-0.4, -0.2) is 59.9 Å². The lowest BCUT2D eigenvalue weighted by Crippen LogP contribution is -2.43. The van der Waals surface area contributed by atoms with E-state index in [2.05, 4.69) is 27.3 Å². The third-order valence-corrected chi connectivity index (χ3v) is 5.62. The third kappa shape index (κ3) is 5.54. The molecule has 2 N–H and O–H groups in total. The van der Waals surface area contributed by atoms with Crippen LogP contribution in [0.5, 0.6) is 0 Å². The van der Waals surface area contributed by atoms with Crippen molar-refractivity contribution in [3.05, 3.63) is 18.0 Å². The number of piperidine rings is 1. The molecule has 25 heavy (non-hydrogen) atoms. The Hall–Kier alpha value is -1.40. The summed E-state index contributed by atoms with van der Waals surface area (Å²) in [5.41, 5.74) is 1.18. The standard InChI is InChI=1S/C19H32N4O2/c1-15-5-2-3-7-18(15)25-12-10-20-19(24)14-23-11-4-6-16(13-23)17-8-9-21-22-17/h8-9,15-16,18H,2-7,10-14H2,1H3,(H,20,24)(H,21,22)/t15-,16-,18+/m1/s1. The van der Waals surface area contributed by atoms with Gasteiger partial charge in [0, 0.05) is 30.9 Å². The SMILES string of the molecule is C[C@@H]1CCCC[C@@H]1OCCNC(=O)CN1CCC[C@@H](c2ccn[nH]2)C1. The number of hydrogen-bond donors (Lipinski definition) is 2. The van der Waals surface area contributed by atoms with Gasteiger partial charge in [0.25, 0.3) is 0 Å². The van der Waals surface area contributed by atoms with Crippen molar-refractivity contribution in [2.24, 2.45) is 5.92 Å². The molecule has 2 aliphatic rings. The van der Waals surface area contributed by atoms with Crippen molar-refractivity contribution in [3.8, 4) is 0 Å². The van der Waals surface area contributed by atoms with Gasteiger partial charge in [-0.15, -0.1) is 0 Å². The molecular formula is C19H32N4O2. The number of nitrogens with one attached hydrogen (secondary N) is 2. The molecule has 3 atom stereocenters. The zero-order valence-electron chi connectivity index (χ0n) is 15.4. The summed E-state index contributed by atoms with van der Waals surface area (Å²) >= 11 is 0. The molecule has 1 aliphatic carbocycles. The molecule has 1 aromatic heterocycles. The van der Waals surface area contributed by atoms with Crippen LogP contribution in [0.3, 0.4) is 0 Å². The largest absolute Gasteiger partial charge is 0.376 e. The second kappa shape index (κ2) is 9.34. The van der Waals surface area contributed by atoms with Crippen LogP contribution in [0.4, 0.5) is 0 Å². The number of amides is 1. The molecule has 0 bridgehead atoms. The summed E-state index contributed by atoms with van der Waals surface area (Å²) in [6.07, 6.45) is 9.49. The molecule has 2 fully saturated rings. The summed E-state index contributed by atoms with van der Waals surface area (Å²) in [6.45, 7) is 5.90. The number of aromatic nitrogens is 2. The minimum atomic E-state index is 0.102. The minimum Gasteiger partial charge on any atom is -0.376 e. The molecule has 0 spiro atoms. The Morgan fingerprint density at radius 2 is 2.24 bits per heavy atom. The Morgan fingerprint density at radius 1 is 1.36 bits per heavy atom. The normalized spacial score (nSPS) is 28.0. The lowest BCUT2D eigenvalue weighted by atomic mass is 9.88. The van der Waals surface area contributed by atoms with Gasteiger partial charge in [0.2, 0.25) is 5.91 Å². The molecule has 3 rings (SSSR count). The van der Waals surface area contributed by atoms with E-state index < -0.39 is 0 Å². The van der Waals surface area contributed by atoms with Crippen molar-refractivity contribution in [1.82, 2.24) is 20.4 Å². The minimum absolute atomic E-state index is 0.102. The van der Waals surface area contributed by atoms with Crippen LogP contribution in [0.15, 0.2) is 12.3 Å². The Morgan fingerprint density at radius 3 is 3.04 bits per heavy atom. The van der Waals surface area contributed by atoms with Gasteiger partial charge < -0.3 is 10.1 Å². The maximum atomic E-state index is 12.2. The molecule has 1 saturated heterocycles.